The van der Waals surface area contributed by atoms with Gasteiger partial charge in [-0.05, 0) is 36.8 Å². The number of nitrogens with one attached hydrogen (secondary N) is 1. The molecule has 1 unspecified atom stereocenters. The maximum atomic E-state index is 10.7. The smallest absolute Gasteiger partial charge is 0.288 e. The van der Waals surface area contributed by atoms with Gasteiger partial charge in [-0.1, -0.05) is 40.9 Å². The number of halogens is 3. The van der Waals surface area contributed by atoms with Gasteiger partial charge in [0.2, 0.25) is 0 Å². The first kappa shape index (κ1) is 15.9. The van der Waals surface area contributed by atoms with Crippen LogP contribution in [0.15, 0.2) is 36.4 Å². The third-order valence-corrected chi connectivity index (χ3v) is 3.82. The fourth-order valence-corrected chi connectivity index (χ4v) is 2.75. The molecule has 0 heterocycles. The van der Waals surface area contributed by atoms with E-state index in [2.05, 4.69) is 5.32 Å². The van der Waals surface area contributed by atoms with Crippen LogP contribution in [0.4, 0.5) is 11.4 Å². The molecule has 21 heavy (non-hydrogen) atoms. The summed E-state index contributed by atoms with van der Waals surface area (Å²) < 4.78 is 0. The number of nitro benzene ring substituents is 1. The first-order valence-corrected chi connectivity index (χ1v) is 7.17. The molecule has 2 aromatic rings. The molecule has 2 rings (SSSR count). The summed E-state index contributed by atoms with van der Waals surface area (Å²) in [5.41, 5.74) is 1.42. The van der Waals surface area contributed by atoms with Crippen LogP contribution in [0, 0.1) is 10.1 Å². The Morgan fingerprint density at radius 3 is 2.38 bits per heavy atom. The van der Waals surface area contributed by atoms with Gasteiger partial charge in [0.1, 0.15) is 5.02 Å². The summed E-state index contributed by atoms with van der Waals surface area (Å²) in [7, 11) is 0. The van der Waals surface area contributed by atoms with Crippen molar-refractivity contribution in [1.82, 2.24) is 0 Å². The van der Waals surface area contributed by atoms with Gasteiger partial charge in [-0.3, -0.25) is 10.1 Å². The van der Waals surface area contributed by atoms with Gasteiger partial charge in [0.25, 0.3) is 5.69 Å². The lowest BCUT2D eigenvalue weighted by atomic mass is 10.1. The van der Waals surface area contributed by atoms with Crippen molar-refractivity contribution in [2.24, 2.45) is 0 Å². The maximum absolute atomic E-state index is 10.7. The Balaban J connectivity index is 2.21. The lowest BCUT2D eigenvalue weighted by Crippen LogP contribution is -2.07. The zero-order valence-corrected chi connectivity index (χ0v) is 13.2. The highest BCUT2D eigenvalue weighted by molar-refractivity contribution is 6.35. The number of nitrogens with zero attached hydrogens (tertiary/aromatic N) is 1. The van der Waals surface area contributed by atoms with Crippen molar-refractivity contribution in [2.45, 2.75) is 13.0 Å². The molecule has 110 valence electrons. The molecule has 0 aliphatic rings. The summed E-state index contributed by atoms with van der Waals surface area (Å²) in [5, 5.41) is 15.1. The molecule has 2 aromatic carbocycles. The lowest BCUT2D eigenvalue weighted by Gasteiger charge is -2.17. The average molecular weight is 346 g/mol. The topological polar surface area (TPSA) is 55.2 Å². The van der Waals surface area contributed by atoms with E-state index in [0.717, 1.165) is 5.56 Å². The molecule has 0 bridgehead atoms. The van der Waals surface area contributed by atoms with Gasteiger partial charge < -0.3 is 5.32 Å². The van der Waals surface area contributed by atoms with Gasteiger partial charge in [0.15, 0.2) is 0 Å². The van der Waals surface area contributed by atoms with E-state index in [0.29, 0.717) is 15.7 Å². The Morgan fingerprint density at radius 1 is 1.10 bits per heavy atom. The summed E-state index contributed by atoms with van der Waals surface area (Å²) >= 11 is 17.9. The van der Waals surface area contributed by atoms with Crippen molar-refractivity contribution in [3.8, 4) is 0 Å². The predicted molar refractivity (Wildman–Crippen MR) is 86.6 cm³/mol. The standard InChI is InChI=1S/C14H11Cl3N2O2/c1-8(11-4-2-9(15)6-12(11)16)18-10-3-5-14(19(20)21)13(17)7-10/h2-8,18H,1H3. The second-order valence-electron chi connectivity index (χ2n) is 4.46. The monoisotopic (exact) mass is 344 g/mol. The number of rotatable bonds is 4. The zero-order valence-electron chi connectivity index (χ0n) is 10.9. The van der Waals surface area contributed by atoms with Gasteiger partial charge >= 0.3 is 0 Å². The van der Waals surface area contributed by atoms with E-state index >= 15 is 0 Å². The molecule has 0 amide bonds. The molecule has 1 atom stereocenters. The van der Waals surface area contributed by atoms with Gasteiger partial charge in [-0.2, -0.15) is 0 Å². The molecule has 0 aliphatic carbocycles. The van der Waals surface area contributed by atoms with Crippen molar-refractivity contribution in [3.05, 3.63) is 67.1 Å². The predicted octanol–water partition coefficient (Wildman–Crippen LogP) is 5.73. The highest BCUT2D eigenvalue weighted by atomic mass is 35.5. The Labute approximate surface area is 136 Å². The molecule has 1 N–H and O–H groups in total. The molecule has 0 radical (unpaired) electrons. The van der Waals surface area contributed by atoms with Crippen LogP contribution in [0.25, 0.3) is 0 Å². The van der Waals surface area contributed by atoms with Crippen molar-refractivity contribution in [3.63, 3.8) is 0 Å². The molecule has 0 saturated carbocycles. The van der Waals surface area contributed by atoms with E-state index in [9.17, 15) is 10.1 Å². The van der Waals surface area contributed by atoms with Crippen molar-refractivity contribution in [2.75, 3.05) is 5.32 Å². The highest BCUT2D eigenvalue weighted by Gasteiger charge is 2.14. The highest BCUT2D eigenvalue weighted by Crippen LogP contribution is 2.31. The van der Waals surface area contributed by atoms with Crippen LogP contribution < -0.4 is 5.32 Å². The fourth-order valence-electron chi connectivity index (χ4n) is 1.93. The lowest BCUT2D eigenvalue weighted by molar-refractivity contribution is -0.384. The Hall–Kier alpha value is -1.49. The summed E-state index contributed by atoms with van der Waals surface area (Å²) in [5.74, 6) is 0. The van der Waals surface area contributed by atoms with Crippen LogP contribution in [0.3, 0.4) is 0 Å². The van der Waals surface area contributed by atoms with Gasteiger partial charge in [-0.25, -0.2) is 0 Å². The number of hydrogen-bond donors (Lipinski definition) is 1. The van der Waals surface area contributed by atoms with E-state index in [-0.39, 0.29) is 16.8 Å². The van der Waals surface area contributed by atoms with Gasteiger partial charge in [-0.15, -0.1) is 0 Å². The Bertz CT molecular complexity index is 692. The SMILES string of the molecule is CC(Nc1ccc([N+](=O)[O-])c(Cl)c1)c1ccc(Cl)cc1Cl. The molecular weight excluding hydrogens is 335 g/mol. The average Bonchev–Trinajstić information content (AvgIpc) is 2.37. The van der Waals surface area contributed by atoms with E-state index in [1.807, 2.05) is 13.0 Å². The minimum Gasteiger partial charge on any atom is -0.378 e. The molecule has 0 aliphatic heterocycles. The van der Waals surface area contributed by atoms with E-state index < -0.39 is 4.92 Å². The molecular formula is C14H11Cl3N2O2. The normalized spacial score (nSPS) is 12.0. The van der Waals surface area contributed by atoms with Gasteiger partial charge in [0, 0.05) is 27.8 Å². The zero-order chi connectivity index (χ0) is 15.6. The van der Waals surface area contributed by atoms with E-state index in [1.54, 1.807) is 18.2 Å². The maximum Gasteiger partial charge on any atom is 0.288 e. The molecule has 0 spiro atoms. The Morgan fingerprint density at radius 2 is 1.81 bits per heavy atom. The summed E-state index contributed by atoms with van der Waals surface area (Å²) in [6.45, 7) is 1.92. The third kappa shape index (κ3) is 3.79. The summed E-state index contributed by atoms with van der Waals surface area (Å²) in [6, 6.07) is 9.62. The van der Waals surface area contributed by atoms with Crippen LogP contribution in [0.2, 0.25) is 15.1 Å². The first-order valence-electron chi connectivity index (χ1n) is 6.04. The molecule has 0 saturated heterocycles. The van der Waals surface area contributed by atoms with Gasteiger partial charge in [0.05, 0.1) is 4.92 Å². The van der Waals surface area contributed by atoms with Crippen LogP contribution in [-0.4, -0.2) is 4.92 Å². The largest absolute Gasteiger partial charge is 0.378 e. The second kappa shape index (κ2) is 6.52. The molecule has 0 fully saturated rings. The van der Waals surface area contributed by atoms with Crippen molar-refractivity contribution in [1.29, 1.82) is 0 Å². The van der Waals surface area contributed by atoms with E-state index in [1.165, 1.54) is 12.1 Å². The van der Waals surface area contributed by atoms with Crippen LogP contribution >= 0.6 is 34.8 Å². The van der Waals surface area contributed by atoms with Crippen LogP contribution in [-0.2, 0) is 0 Å². The minimum atomic E-state index is -0.522. The minimum absolute atomic E-state index is 0.0828. The molecule has 0 aromatic heterocycles. The number of benzene rings is 2. The fraction of sp³-hybridized carbons (Fsp3) is 0.143. The summed E-state index contributed by atoms with van der Waals surface area (Å²) in [4.78, 5) is 10.2. The molecule has 4 nitrogen and oxygen atoms in total. The number of nitro groups is 1. The van der Waals surface area contributed by atoms with Crippen LogP contribution in [0.5, 0.6) is 0 Å². The van der Waals surface area contributed by atoms with Crippen molar-refractivity contribution < 1.29 is 4.92 Å². The first-order chi connectivity index (χ1) is 9.88. The summed E-state index contributed by atoms with van der Waals surface area (Å²) in [6.07, 6.45) is 0. The molecule has 7 heteroatoms. The van der Waals surface area contributed by atoms with Crippen LogP contribution in [0.1, 0.15) is 18.5 Å². The quantitative estimate of drug-likeness (QED) is 0.569. The number of hydrogen-bond acceptors (Lipinski definition) is 3. The third-order valence-electron chi connectivity index (χ3n) is 2.96. The van der Waals surface area contributed by atoms with E-state index in [4.69, 9.17) is 34.8 Å². The Kier molecular flexibility index (Phi) is 4.93. The number of anilines is 1. The van der Waals surface area contributed by atoms with Crippen molar-refractivity contribution >= 4 is 46.2 Å². The second-order valence-corrected chi connectivity index (χ2v) is 5.71.